The maximum absolute atomic E-state index is 13.2. The van der Waals surface area contributed by atoms with Crippen LogP contribution in [0.5, 0.6) is 11.5 Å². The van der Waals surface area contributed by atoms with E-state index in [1.165, 1.54) is 26.4 Å². The van der Waals surface area contributed by atoms with Crippen LogP contribution in [0.2, 0.25) is 0 Å². The van der Waals surface area contributed by atoms with Crippen molar-refractivity contribution in [2.75, 3.05) is 20.8 Å². The van der Waals surface area contributed by atoms with E-state index >= 15 is 0 Å². The Hall–Kier alpha value is -1.96. The number of nitrogens with zero attached hydrogens (tertiary/aromatic N) is 2. The van der Waals surface area contributed by atoms with Crippen LogP contribution >= 0.6 is 0 Å². The molecule has 1 aromatic carbocycles. The Kier molecular flexibility index (Phi) is 3.99. The number of benzene rings is 1. The van der Waals surface area contributed by atoms with Gasteiger partial charge in [-0.05, 0) is 6.92 Å². The second-order valence-electron chi connectivity index (χ2n) is 4.58. The van der Waals surface area contributed by atoms with E-state index in [1.807, 2.05) is 0 Å². The highest BCUT2D eigenvalue weighted by Gasteiger charge is 2.38. The molecule has 8 heteroatoms. The van der Waals surface area contributed by atoms with Crippen molar-refractivity contribution >= 4 is 11.0 Å². The molecule has 2 N–H and O–H groups in total. The molecule has 0 amide bonds. The standard InChI is InChI=1S/C13H16F3N3O2/c1-7(6-17)19-9-5-11(21-3)10(20-2)4-8(9)18-12(19)13(14,15)16/h4-5,7H,6,17H2,1-3H3. The van der Waals surface area contributed by atoms with Crippen molar-refractivity contribution in [3.05, 3.63) is 18.0 Å². The Bertz CT molecular complexity index is 652. The van der Waals surface area contributed by atoms with Gasteiger partial charge >= 0.3 is 6.18 Å². The van der Waals surface area contributed by atoms with Crippen LogP contribution in [0, 0.1) is 0 Å². The van der Waals surface area contributed by atoms with Gasteiger partial charge in [-0.3, -0.25) is 0 Å². The maximum Gasteiger partial charge on any atom is 0.449 e. The Morgan fingerprint density at radius 3 is 2.29 bits per heavy atom. The Labute approximate surface area is 119 Å². The smallest absolute Gasteiger partial charge is 0.449 e. The number of hydrogen-bond acceptors (Lipinski definition) is 4. The summed E-state index contributed by atoms with van der Waals surface area (Å²) in [6.45, 7) is 1.66. The number of imidazole rings is 1. The van der Waals surface area contributed by atoms with Crippen LogP contribution in [0.25, 0.3) is 11.0 Å². The lowest BCUT2D eigenvalue weighted by Crippen LogP contribution is -2.22. The molecule has 21 heavy (non-hydrogen) atoms. The molecule has 2 rings (SSSR count). The lowest BCUT2D eigenvalue weighted by molar-refractivity contribution is -0.147. The topological polar surface area (TPSA) is 62.3 Å². The summed E-state index contributed by atoms with van der Waals surface area (Å²) in [6.07, 6.45) is -4.57. The normalized spacial score (nSPS) is 13.5. The van der Waals surface area contributed by atoms with Gasteiger partial charge in [0.2, 0.25) is 5.82 Å². The molecule has 0 spiro atoms. The monoisotopic (exact) mass is 303 g/mol. The number of halogens is 3. The van der Waals surface area contributed by atoms with Crippen molar-refractivity contribution in [1.29, 1.82) is 0 Å². The third kappa shape index (κ3) is 2.63. The SMILES string of the molecule is COc1cc2nc(C(F)(F)F)n(C(C)CN)c2cc1OC. The van der Waals surface area contributed by atoms with Gasteiger partial charge in [-0.15, -0.1) is 0 Å². The molecule has 0 radical (unpaired) electrons. The summed E-state index contributed by atoms with van der Waals surface area (Å²) in [5.41, 5.74) is 6.01. The lowest BCUT2D eigenvalue weighted by atomic mass is 10.2. The second-order valence-corrected chi connectivity index (χ2v) is 4.58. The fraction of sp³-hybridized carbons (Fsp3) is 0.462. The summed E-state index contributed by atoms with van der Waals surface area (Å²) in [5, 5.41) is 0. The van der Waals surface area contributed by atoms with Gasteiger partial charge in [0.15, 0.2) is 11.5 Å². The van der Waals surface area contributed by atoms with Crippen LogP contribution in [-0.2, 0) is 6.18 Å². The van der Waals surface area contributed by atoms with Crippen molar-refractivity contribution in [2.45, 2.75) is 19.1 Å². The van der Waals surface area contributed by atoms with Gasteiger partial charge in [-0.2, -0.15) is 13.2 Å². The number of ether oxygens (including phenoxy) is 2. The van der Waals surface area contributed by atoms with Crippen LogP contribution in [0.4, 0.5) is 13.2 Å². The first-order chi connectivity index (χ1) is 9.83. The van der Waals surface area contributed by atoms with Crippen LogP contribution in [0.3, 0.4) is 0 Å². The van der Waals surface area contributed by atoms with E-state index in [-0.39, 0.29) is 12.1 Å². The Balaban J connectivity index is 2.80. The molecule has 0 bridgehead atoms. The van der Waals surface area contributed by atoms with Gasteiger partial charge in [0.1, 0.15) is 0 Å². The summed E-state index contributed by atoms with van der Waals surface area (Å²) in [5.74, 6) is -0.321. The van der Waals surface area contributed by atoms with E-state index in [0.29, 0.717) is 17.0 Å². The van der Waals surface area contributed by atoms with Crippen molar-refractivity contribution in [1.82, 2.24) is 9.55 Å². The number of methoxy groups -OCH3 is 2. The van der Waals surface area contributed by atoms with Crippen molar-refractivity contribution in [2.24, 2.45) is 5.73 Å². The molecule has 116 valence electrons. The average molecular weight is 303 g/mol. The van der Waals surface area contributed by atoms with Crippen molar-refractivity contribution < 1.29 is 22.6 Å². The molecule has 1 aromatic heterocycles. The summed E-state index contributed by atoms with van der Waals surface area (Å²) in [6, 6.07) is 2.34. The zero-order valence-corrected chi connectivity index (χ0v) is 11.9. The number of rotatable bonds is 4. The zero-order chi connectivity index (χ0) is 15.8. The highest BCUT2D eigenvalue weighted by Crippen LogP contribution is 2.38. The number of aromatic nitrogens is 2. The highest BCUT2D eigenvalue weighted by atomic mass is 19.4. The molecular weight excluding hydrogens is 287 g/mol. The number of hydrogen-bond donors (Lipinski definition) is 1. The van der Waals surface area contributed by atoms with Crippen molar-refractivity contribution in [3.63, 3.8) is 0 Å². The molecule has 0 saturated carbocycles. The summed E-state index contributed by atoms with van der Waals surface area (Å²) in [4.78, 5) is 3.68. The van der Waals surface area contributed by atoms with Gasteiger partial charge in [-0.25, -0.2) is 4.98 Å². The predicted molar refractivity (Wildman–Crippen MR) is 71.6 cm³/mol. The van der Waals surface area contributed by atoms with Crippen LogP contribution in [-0.4, -0.2) is 30.3 Å². The third-order valence-electron chi connectivity index (χ3n) is 3.23. The molecule has 0 aliphatic rings. The minimum Gasteiger partial charge on any atom is -0.493 e. The minimum absolute atomic E-state index is 0.0584. The van der Waals surface area contributed by atoms with Crippen molar-refractivity contribution in [3.8, 4) is 11.5 Å². The molecule has 0 aliphatic carbocycles. The molecule has 1 atom stereocenters. The Morgan fingerprint density at radius 2 is 1.81 bits per heavy atom. The summed E-state index contributed by atoms with van der Waals surface area (Å²) < 4.78 is 50.8. The minimum atomic E-state index is -4.57. The molecule has 1 heterocycles. The van der Waals surface area contributed by atoms with Gasteiger partial charge < -0.3 is 19.8 Å². The first kappa shape index (κ1) is 15.4. The molecule has 1 unspecified atom stereocenters. The lowest BCUT2D eigenvalue weighted by Gasteiger charge is -2.17. The second kappa shape index (κ2) is 5.44. The van der Waals surface area contributed by atoms with Crippen LogP contribution in [0.15, 0.2) is 12.1 Å². The largest absolute Gasteiger partial charge is 0.493 e. The van der Waals surface area contributed by atoms with E-state index in [1.54, 1.807) is 6.92 Å². The number of fused-ring (bicyclic) bond motifs is 1. The van der Waals surface area contributed by atoms with Crippen LogP contribution < -0.4 is 15.2 Å². The molecule has 0 saturated heterocycles. The first-order valence-electron chi connectivity index (χ1n) is 6.24. The quantitative estimate of drug-likeness (QED) is 0.943. The average Bonchev–Trinajstić information content (AvgIpc) is 2.83. The molecule has 0 aliphatic heterocycles. The molecular formula is C13H16F3N3O2. The predicted octanol–water partition coefficient (Wildman–Crippen LogP) is 2.59. The van der Waals surface area contributed by atoms with E-state index in [2.05, 4.69) is 4.98 Å². The van der Waals surface area contributed by atoms with Gasteiger partial charge in [0.25, 0.3) is 0 Å². The van der Waals surface area contributed by atoms with Gasteiger partial charge in [0.05, 0.1) is 25.3 Å². The molecule has 2 aromatic rings. The first-order valence-corrected chi connectivity index (χ1v) is 6.24. The third-order valence-corrected chi connectivity index (χ3v) is 3.23. The van der Waals surface area contributed by atoms with Crippen LogP contribution in [0.1, 0.15) is 18.8 Å². The van der Waals surface area contributed by atoms with Gasteiger partial charge in [0, 0.05) is 24.7 Å². The van der Waals surface area contributed by atoms with E-state index in [0.717, 1.165) is 4.57 Å². The van der Waals surface area contributed by atoms with E-state index in [4.69, 9.17) is 15.2 Å². The molecule has 5 nitrogen and oxygen atoms in total. The van der Waals surface area contributed by atoms with E-state index < -0.39 is 18.0 Å². The van der Waals surface area contributed by atoms with Gasteiger partial charge in [-0.1, -0.05) is 0 Å². The Morgan fingerprint density at radius 1 is 1.24 bits per heavy atom. The summed E-state index contributed by atoms with van der Waals surface area (Å²) >= 11 is 0. The number of nitrogens with two attached hydrogens (primary N) is 1. The van der Waals surface area contributed by atoms with E-state index in [9.17, 15) is 13.2 Å². The fourth-order valence-electron chi connectivity index (χ4n) is 2.17. The number of alkyl halides is 3. The fourth-order valence-corrected chi connectivity index (χ4v) is 2.17. The zero-order valence-electron chi connectivity index (χ0n) is 11.9. The summed E-state index contributed by atoms with van der Waals surface area (Å²) in [7, 11) is 2.83. The maximum atomic E-state index is 13.2. The highest BCUT2D eigenvalue weighted by molar-refractivity contribution is 5.81. The molecule has 0 fully saturated rings.